The zero-order valence-corrected chi connectivity index (χ0v) is 13.5. The summed E-state index contributed by atoms with van der Waals surface area (Å²) < 4.78 is 5.20. The molecule has 1 aromatic heterocycles. The third-order valence-electron chi connectivity index (χ3n) is 3.78. The molecule has 6 nitrogen and oxygen atoms in total. The average molecular weight is 326 g/mol. The number of likely N-dealkylation sites (tertiary alicyclic amines) is 1. The lowest BCUT2D eigenvalue weighted by Gasteiger charge is -2.23. The van der Waals surface area contributed by atoms with Crippen LogP contribution in [0.2, 0.25) is 5.02 Å². The summed E-state index contributed by atoms with van der Waals surface area (Å²) in [5.41, 5.74) is 1.31. The molecule has 22 heavy (non-hydrogen) atoms. The number of amides is 2. The van der Waals surface area contributed by atoms with E-state index >= 15 is 0 Å². The number of hydrogen-bond acceptors (Lipinski definition) is 4. The molecule has 7 heteroatoms. The predicted octanol–water partition coefficient (Wildman–Crippen LogP) is 2.01. The van der Waals surface area contributed by atoms with Crippen LogP contribution in [0.3, 0.4) is 0 Å². The van der Waals surface area contributed by atoms with Gasteiger partial charge in [0.25, 0.3) is 5.91 Å². The van der Waals surface area contributed by atoms with Crippen molar-refractivity contribution in [3.63, 3.8) is 0 Å². The zero-order valence-electron chi connectivity index (χ0n) is 12.8. The van der Waals surface area contributed by atoms with Gasteiger partial charge < -0.3 is 15.0 Å². The topological polar surface area (TPSA) is 71.5 Å². The summed E-state index contributed by atoms with van der Waals surface area (Å²) in [6, 6.07) is 0. The lowest BCUT2D eigenvalue weighted by Crippen LogP contribution is -2.43. The number of nitrogens with zero attached hydrogens (tertiary/aromatic N) is 2. The van der Waals surface area contributed by atoms with Crippen LogP contribution in [0.5, 0.6) is 0 Å². The average Bonchev–Trinajstić information content (AvgIpc) is 2.66. The Kier molecular flexibility index (Phi) is 5.74. The monoisotopic (exact) mass is 325 g/mol. The van der Waals surface area contributed by atoms with E-state index in [1.807, 2.05) is 0 Å². The highest BCUT2D eigenvalue weighted by Gasteiger charge is 2.28. The first kappa shape index (κ1) is 16.7. The van der Waals surface area contributed by atoms with E-state index in [4.69, 9.17) is 16.3 Å². The Balaban J connectivity index is 2.01. The number of ether oxygens (including phenoxy) is 1. The van der Waals surface area contributed by atoms with Crippen molar-refractivity contribution in [3.8, 4) is 0 Å². The van der Waals surface area contributed by atoms with Gasteiger partial charge in [-0.05, 0) is 31.7 Å². The number of carbonyl (C=O) groups excluding carboxylic acids is 2. The normalized spacial score (nSPS) is 19.0. The van der Waals surface area contributed by atoms with Gasteiger partial charge >= 0.3 is 0 Å². The SMILES string of the molecule is COC1CCCCN(CC(=O)Nc2cncc(Cl)c2C)C1=O. The van der Waals surface area contributed by atoms with E-state index in [9.17, 15) is 9.59 Å². The van der Waals surface area contributed by atoms with Gasteiger partial charge in [0, 0.05) is 19.9 Å². The maximum Gasteiger partial charge on any atom is 0.252 e. The number of carbonyl (C=O) groups is 2. The van der Waals surface area contributed by atoms with Gasteiger partial charge in [0.2, 0.25) is 5.91 Å². The van der Waals surface area contributed by atoms with Crippen molar-refractivity contribution in [1.29, 1.82) is 0 Å². The van der Waals surface area contributed by atoms with E-state index in [1.54, 1.807) is 18.0 Å². The van der Waals surface area contributed by atoms with Gasteiger partial charge in [0.05, 0.1) is 23.5 Å². The standard InChI is InChI=1S/C15H20ClN3O3/c1-10-11(16)7-17-8-12(10)18-14(20)9-19-6-4-3-5-13(22-2)15(19)21/h7-8,13H,3-6,9H2,1-2H3,(H,18,20). The number of halogens is 1. The van der Waals surface area contributed by atoms with Gasteiger partial charge in [0.1, 0.15) is 6.10 Å². The van der Waals surface area contributed by atoms with Crippen LogP contribution >= 0.6 is 11.6 Å². The highest BCUT2D eigenvalue weighted by molar-refractivity contribution is 6.31. The van der Waals surface area contributed by atoms with Crippen LogP contribution in [0.25, 0.3) is 0 Å². The molecule has 0 spiro atoms. The second-order valence-corrected chi connectivity index (χ2v) is 5.73. The van der Waals surface area contributed by atoms with Gasteiger partial charge in [-0.25, -0.2) is 0 Å². The molecule has 1 unspecified atom stereocenters. The van der Waals surface area contributed by atoms with Crippen molar-refractivity contribution in [2.24, 2.45) is 0 Å². The van der Waals surface area contributed by atoms with Crippen molar-refractivity contribution >= 4 is 29.1 Å². The summed E-state index contributed by atoms with van der Waals surface area (Å²) in [6.45, 7) is 2.38. The fourth-order valence-electron chi connectivity index (χ4n) is 2.43. The maximum atomic E-state index is 12.3. The summed E-state index contributed by atoms with van der Waals surface area (Å²) in [5, 5.41) is 3.24. The first-order chi connectivity index (χ1) is 10.5. The maximum absolute atomic E-state index is 12.3. The Morgan fingerprint density at radius 1 is 1.50 bits per heavy atom. The van der Waals surface area contributed by atoms with Crippen molar-refractivity contribution in [2.45, 2.75) is 32.3 Å². The minimum Gasteiger partial charge on any atom is -0.372 e. The molecular formula is C15H20ClN3O3. The molecule has 0 aliphatic carbocycles. The molecule has 1 fully saturated rings. The lowest BCUT2D eigenvalue weighted by molar-refractivity contribution is -0.143. The Morgan fingerprint density at radius 3 is 3.00 bits per heavy atom. The molecular weight excluding hydrogens is 306 g/mol. The number of hydrogen-bond donors (Lipinski definition) is 1. The number of rotatable bonds is 4. The van der Waals surface area contributed by atoms with Crippen molar-refractivity contribution < 1.29 is 14.3 Å². The van der Waals surface area contributed by atoms with Crippen LogP contribution in [0.4, 0.5) is 5.69 Å². The molecule has 2 amide bonds. The highest BCUT2D eigenvalue weighted by atomic mass is 35.5. The predicted molar refractivity (Wildman–Crippen MR) is 83.8 cm³/mol. The second-order valence-electron chi connectivity index (χ2n) is 5.32. The molecule has 0 bridgehead atoms. The van der Waals surface area contributed by atoms with E-state index in [0.717, 1.165) is 18.4 Å². The first-order valence-electron chi connectivity index (χ1n) is 7.24. The van der Waals surface area contributed by atoms with Crippen LogP contribution in [0.1, 0.15) is 24.8 Å². The number of methoxy groups -OCH3 is 1. The number of pyridine rings is 1. The van der Waals surface area contributed by atoms with E-state index in [1.165, 1.54) is 13.3 Å². The molecule has 2 rings (SSSR count). The van der Waals surface area contributed by atoms with Gasteiger partial charge in [-0.2, -0.15) is 0 Å². The minimum absolute atomic E-state index is 0.00461. The number of nitrogens with one attached hydrogen (secondary N) is 1. The smallest absolute Gasteiger partial charge is 0.252 e. The fourth-order valence-corrected chi connectivity index (χ4v) is 2.59. The Morgan fingerprint density at radius 2 is 2.27 bits per heavy atom. The Hall–Kier alpha value is -1.66. The van der Waals surface area contributed by atoms with E-state index in [-0.39, 0.29) is 18.4 Å². The molecule has 1 aliphatic rings. The number of aromatic nitrogens is 1. The Bertz CT molecular complexity index is 565. The van der Waals surface area contributed by atoms with Crippen LogP contribution in [-0.4, -0.2) is 48.0 Å². The molecule has 1 atom stereocenters. The molecule has 0 aromatic carbocycles. The lowest BCUT2D eigenvalue weighted by atomic mass is 10.2. The van der Waals surface area contributed by atoms with Crippen molar-refractivity contribution in [3.05, 3.63) is 23.0 Å². The summed E-state index contributed by atoms with van der Waals surface area (Å²) in [6.07, 6.45) is 5.10. The van der Waals surface area contributed by atoms with Crippen LogP contribution < -0.4 is 5.32 Å². The van der Waals surface area contributed by atoms with Gasteiger partial charge in [-0.3, -0.25) is 14.6 Å². The van der Waals surface area contributed by atoms with Crippen LogP contribution in [0.15, 0.2) is 12.4 Å². The summed E-state index contributed by atoms with van der Waals surface area (Å²) in [7, 11) is 1.52. The van der Waals surface area contributed by atoms with E-state index in [0.29, 0.717) is 23.7 Å². The van der Waals surface area contributed by atoms with Gasteiger partial charge in [0.15, 0.2) is 0 Å². The fraction of sp³-hybridized carbons (Fsp3) is 0.533. The summed E-state index contributed by atoms with van der Waals surface area (Å²) >= 11 is 5.98. The molecule has 0 saturated carbocycles. The van der Waals surface area contributed by atoms with Gasteiger partial charge in [-0.15, -0.1) is 0 Å². The molecule has 1 N–H and O–H groups in total. The zero-order chi connectivity index (χ0) is 16.1. The molecule has 1 aliphatic heterocycles. The van der Waals surface area contributed by atoms with E-state index < -0.39 is 6.10 Å². The summed E-state index contributed by atoms with van der Waals surface area (Å²) in [4.78, 5) is 30.0. The molecule has 120 valence electrons. The minimum atomic E-state index is -0.454. The molecule has 2 heterocycles. The molecule has 1 aromatic rings. The van der Waals surface area contributed by atoms with Crippen molar-refractivity contribution in [2.75, 3.05) is 25.5 Å². The van der Waals surface area contributed by atoms with Gasteiger partial charge in [-0.1, -0.05) is 11.6 Å². The van der Waals surface area contributed by atoms with Crippen LogP contribution in [-0.2, 0) is 14.3 Å². The van der Waals surface area contributed by atoms with Crippen molar-refractivity contribution in [1.82, 2.24) is 9.88 Å². The molecule has 0 radical (unpaired) electrons. The first-order valence-corrected chi connectivity index (χ1v) is 7.62. The summed E-state index contributed by atoms with van der Waals surface area (Å²) in [5.74, 6) is -0.395. The van der Waals surface area contributed by atoms with Crippen LogP contribution in [0, 0.1) is 6.92 Å². The quantitative estimate of drug-likeness (QED) is 0.919. The highest BCUT2D eigenvalue weighted by Crippen LogP contribution is 2.21. The largest absolute Gasteiger partial charge is 0.372 e. The second kappa shape index (κ2) is 7.56. The third kappa shape index (κ3) is 3.96. The molecule has 1 saturated heterocycles. The van der Waals surface area contributed by atoms with E-state index in [2.05, 4.69) is 10.3 Å². The third-order valence-corrected chi connectivity index (χ3v) is 4.16. The Labute approximate surface area is 134 Å². The number of anilines is 1.